The maximum atomic E-state index is 12.3. The zero-order valence-electron chi connectivity index (χ0n) is 14.4. The molecule has 1 saturated heterocycles. The molecule has 1 saturated carbocycles. The summed E-state index contributed by atoms with van der Waals surface area (Å²) in [6, 6.07) is 10.7. The quantitative estimate of drug-likeness (QED) is 0.856. The monoisotopic (exact) mass is 351 g/mol. The van der Waals surface area contributed by atoms with Gasteiger partial charge >= 0.3 is 0 Å². The third kappa shape index (κ3) is 5.47. The molecule has 1 aliphatic carbocycles. The first kappa shape index (κ1) is 19.2. The molecule has 2 fully saturated rings. The van der Waals surface area contributed by atoms with Crippen molar-refractivity contribution in [3.63, 3.8) is 0 Å². The molecule has 2 aliphatic rings. The first-order valence-corrected chi connectivity index (χ1v) is 9.08. The lowest BCUT2D eigenvalue weighted by Crippen LogP contribution is -2.46. The minimum Gasteiger partial charge on any atom is -0.355 e. The summed E-state index contributed by atoms with van der Waals surface area (Å²) in [6.07, 6.45) is 4.33. The van der Waals surface area contributed by atoms with E-state index in [-0.39, 0.29) is 24.2 Å². The number of carbonyl (C=O) groups is 1. The number of carbonyl (C=O) groups excluding carboxylic acids is 1. The average molecular weight is 352 g/mol. The minimum atomic E-state index is 0. The third-order valence-corrected chi connectivity index (χ3v) is 5.31. The normalized spacial score (nSPS) is 24.8. The Morgan fingerprint density at radius 2 is 1.75 bits per heavy atom. The molecule has 4 nitrogen and oxygen atoms in total. The number of nitrogens with zero attached hydrogens (tertiary/aromatic N) is 1. The number of amides is 1. The molecular weight excluding hydrogens is 322 g/mol. The molecule has 0 radical (unpaired) electrons. The molecule has 0 aromatic heterocycles. The van der Waals surface area contributed by atoms with Crippen molar-refractivity contribution in [2.24, 2.45) is 5.92 Å². The van der Waals surface area contributed by atoms with Gasteiger partial charge in [-0.1, -0.05) is 30.3 Å². The summed E-state index contributed by atoms with van der Waals surface area (Å²) in [5, 5.41) is 6.51. The predicted molar refractivity (Wildman–Crippen MR) is 101 cm³/mol. The number of piperazine rings is 1. The van der Waals surface area contributed by atoms with Gasteiger partial charge in [-0.2, -0.15) is 0 Å². The average Bonchev–Trinajstić information content (AvgIpc) is 2.63. The van der Waals surface area contributed by atoms with Crippen molar-refractivity contribution in [2.75, 3.05) is 39.3 Å². The number of hydrogen-bond donors (Lipinski definition) is 2. The Hall–Kier alpha value is -1.10. The van der Waals surface area contributed by atoms with Gasteiger partial charge in [0.25, 0.3) is 0 Å². The van der Waals surface area contributed by atoms with Crippen LogP contribution >= 0.6 is 12.4 Å². The zero-order chi connectivity index (χ0) is 15.9. The van der Waals surface area contributed by atoms with Crippen LogP contribution in [-0.2, 0) is 4.79 Å². The second-order valence-corrected chi connectivity index (χ2v) is 6.84. The van der Waals surface area contributed by atoms with Crippen LogP contribution in [0.1, 0.15) is 37.2 Å². The van der Waals surface area contributed by atoms with E-state index >= 15 is 0 Å². The maximum Gasteiger partial charge on any atom is 0.223 e. The highest BCUT2D eigenvalue weighted by Gasteiger charge is 2.26. The Labute approximate surface area is 151 Å². The van der Waals surface area contributed by atoms with Crippen molar-refractivity contribution in [3.8, 4) is 0 Å². The van der Waals surface area contributed by atoms with E-state index in [1.165, 1.54) is 5.56 Å². The van der Waals surface area contributed by atoms with Crippen molar-refractivity contribution in [1.82, 2.24) is 15.5 Å². The van der Waals surface area contributed by atoms with E-state index < -0.39 is 0 Å². The number of benzene rings is 1. The second-order valence-electron chi connectivity index (χ2n) is 6.84. The Morgan fingerprint density at radius 1 is 1.08 bits per heavy atom. The minimum absolute atomic E-state index is 0. The van der Waals surface area contributed by atoms with Crippen LogP contribution in [-0.4, -0.2) is 50.1 Å². The fraction of sp³-hybridized carbons (Fsp3) is 0.632. The molecule has 2 N–H and O–H groups in total. The molecule has 24 heavy (non-hydrogen) atoms. The molecule has 0 spiro atoms. The van der Waals surface area contributed by atoms with E-state index in [1.807, 2.05) is 0 Å². The highest BCUT2D eigenvalue weighted by molar-refractivity contribution is 5.85. The molecule has 1 aromatic rings. The molecular formula is C19H30ClN3O. The van der Waals surface area contributed by atoms with Crippen LogP contribution in [0, 0.1) is 5.92 Å². The van der Waals surface area contributed by atoms with Crippen molar-refractivity contribution in [2.45, 2.75) is 31.6 Å². The summed E-state index contributed by atoms with van der Waals surface area (Å²) in [5.74, 6) is 1.13. The molecule has 1 amide bonds. The topological polar surface area (TPSA) is 44.4 Å². The highest BCUT2D eigenvalue weighted by Crippen LogP contribution is 2.35. The number of halogens is 1. The Morgan fingerprint density at radius 3 is 2.42 bits per heavy atom. The number of nitrogens with one attached hydrogen (secondary N) is 2. The standard InChI is InChI=1S/C19H29N3O.ClH/c23-19(21-12-15-22-13-10-20-11-14-22)18-8-6-17(7-9-18)16-4-2-1-3-5-16;/h1-5,17-18,20H,6-15H2,(H,21,23);1H. The fourth-order valence-corrected chi connectivity index (χ4v) is 3.83. The van der Waals surface area contributed by atoms with Gasteiger partial charge in [0.15, 0.2) is 0 Å². The van der Waals surface area contributed by atoms with Crippen molar-refractivity contribution in [1.29, 1.82) is 0 Å². The van der Waals surface area contributed by atoms with E-state index in [2.05, 4.69) is 45.9 Å². The molecule has 0 unspecified atom stereocenters. The van der Waals surface area contributed by atoms with Crippen LogP contribution in [0.4, 0.5) is 0 Å². The van der Waals surface area contributed by atoms with Gasteiger partial charge in [0, 0.05) is 45.2 Å². The molecule has 0 bridgehead atoms. The lowest BCUT2D eigenvalue weighted by atomic mass is 9.78. The highest BCUT2D eigenvalue weighted by atomic mass is 35.5. The smallest absolute Gasteiger partial charge is 0.223 e. The summed E-state index contributed by atoms with van der Waals surface area (Å²) in [5.41, 5.74) is 1.44. The van der Waals surface area contributed by atoms with E-state index in [1.54, 1.807) is 0 Å². The molecule has 1 heterocycles. The van der Waals surface area contributed by atoms with Gasteiger partial charge in [-0.05, 0) is 37.2 Å². The Kier molecular flexibility index (Phi) is 8.03. The summed E-state index contributed by atoms with van der Waals surface area (Å²) in [4.78, 5) is 14.8. The molecule has 134 valence electrons. The molecule has 5 heteroatoms. The second kappa shape index (κ2) is 10.0. The first-order chi connectivity index (χ1) is 11.3. The van der Waals surface area contributed by atoms with Gasteiger partial charge in [0.1, 0.15) is 0 Å². The summed E-state index contributed by atoms with van der Waals surface area (Å²) in [7, 11) is 0. The Bertz CT molecular complexity index is 483. The van der Waals surface area contributed by atoms with Crippen molar-refractivity contribution < 1.29 is 4.79 Å². The van der Waals surface area contributed by atoms with Gasteiger partial charge < -0.3 is 10.6 Å². The van der Waals surface area contributed by atoms with Crippen molar-refractivity contribution in [3.05, 3.63) is 35.9 Å². The molecule has 3 rings (SSSR count). The van der Waals surface area contributed by atoms with E-state index in [9.17, 15) is 4.79 Å². The first-order valence-electron chi connectivity index (χ1n) is 9.08. The van der Waals surface area contributed by atoms with Crippen LogP contribution < -0.4 is 10.6 Å². The number of hydrogen-bond acceptors (Lipinski definition) is 3. The SMILES string of the molecule is Cl.O=C(NCCN1CCNCC1)C1CCC(c2ccccc2)CC1. The Balaban J connectivity index is 0.00000208. The van der Waals surface area contributed by atoms with Crippen molar-refractivity contribution >= 4 is 18.3 Å². The number of rotatable bonds is 5. The third-order valence-electron chi connectivity index (χ3n) is 5.31. The molecule has 0 atom stereocenters. The van der Waals surface area contributed by atoms with Gasteiger partial charge in [-0.3, -0.25) is 9.69 Å². The van der Waals surface area contributed by atoms with Crippen LogP contribution in [0.3, 0.4) is 0 Å². The van der Waals surface area contributed by atoms with Gasteiger partial charge in [0.2, 0.25) is 5.91 Å². The maximum absolute atomic E-state index is 12.3. The predicted octanol–water partition coefficient (Wildman–Crippen LogP) is 2.40. The van der Waals surface area contributed by atoms with E-state index in [0.717, 1.165) is 65.0 Å². The van der Waals surface area contributed by atoms with Crippen LogP contribution in [0.2, 0.25) is 0 Å². The molecule has 1 aliphatic heterocycles. The van der Waals surface area contributed by atoms with E-state index in [0.29, 0.717) is 5.92 Å². The summed E-state index contributed by atoms with van der Waals surface area (Å²) >= 11 is 0. The zero-order valence-corrected chi connectivity index (χ0v) is 15.2. The lowest BCUT2D eigenvalue weighted by molar-refractivity contribution is -0.126. The largest absolute Gasteiger partial charge is 0.355 e. The summed E-state index contributed by atoms with van der Waals surface area (Å²) in [6.45, 7) is 6.09. The summed E-state index contributed by atoms with van der Waals surface area (Å²) < 4.78 is 0. The lowest BCUT2D eigenvalue weighted by Gasteiger charge is -2.29. The van der Waals surface area contributed by atoms with E-state index in [4.69, 9.17) is 0 Å². The molecule has 1 aromatic carbocycles. The van der Waals surface area contributed by atoms with Crippen LogP contribution in [0.25, 0.3) is 0 Å². The van der Waals surface area contributed by atoms with Gasteiger partial charge in [0.05, 0.1) is 0 Å². The van der Waals surface area contributed by atoms with Gasteiger partial charge in [-0.15, -0.1) is 12.4 Å². The van der Waals surface area contributed by atoms with Crippen LogP contribution in [0.15, 0.2) is 30.3 Å². The fourth-order valence-electron chi connectivity index (χ4n) is 3.83. The van der Waals surface area contributed by atoms with Crippen LogP contribution in [0.5, 0.6) is 0 Å². The van der Waals surface area contributed by atoms with Gasteiger partial charge in [-0.25, -0.2) is 0 Å².